The highest BCUT2D eigenvalue weighted by molar-refractivity contribution is 9.10. The number of nitrogens with zero attached hydrogens (tertiary/aromatic N) is 2. The Morgan fingerprint density at radius 1 is 1.00 bits per heavy atom. The summed E-state index contributed by atoms with van der Waals surface area (Å²) in [5.41, 5.74) is 8.38. The predicted octanol–water partition coefficient (Wildman–Crippen LogP) is 5.68. The number of likely N-dealkylation sites (N-methyl/N-ethyl adjacent to an activating group) is 1. The fourth-order valence-corrected chi connectivity index (χ4v) is 4.04. The molecule has 1 aliphatic heterocycles. The molecule has 27 heavy (non-hydrogen) atoms. The summed E-state index contributed by atoms with van der Waals surface area (Å²) in [6.45, 7) is 6.29. The number of fused-ring (bicyclic) bond motifs is 1. The van der Waals surface area contributed by atoms with Gasteiger partial charge in [-0.15, -0.1) is 0 Å². The number of hydrogen-bond donors (Lipinski definition) is 0. The Labute approximate surface area is 168 Å². The first kappa shape index (κ1) is 17.8. The molecule has 0 N–H and O–H groups in total. The number of rotatable bonds is 2. The highest BCUT2D eigenvalue weighted by atomic mass is 79.9. The molecule has 1 aliphatic rings. The zero-order valence-corrected chi connectivity index (χ0v) is 17.5. The third-order valence-electron chi connectivity index (χ3n) is 5.26. The molecule has 136 valence electrons. The van der Waals surface area contributed by atoms with E-state index >= 15 is 0 Å². The van der Waals surface area contributed by atoms with E-state index in [2.05, 4.69) is 65.5 Å². The Morgan fingerprint density at radius 2 is 1.74 bits per heavy atom. The number of carbonyl (C=O) groups excluding carboxylic acids is 1. The predicted molar refractivity (Wildman–Crippen MR) is 115 cm³/mol. The average molecular weight is 421 g/mol. The van der Waals surface area contributed by atoms with Crippen molar-refractivity contribution in [2.45, 2.75) is 20.8 Å². The number of hydrogen-bond acceptors (Lipinski definition) is 1. The molecule has 1 amide bonds. The Morgan fingerprint density at radius 3 is 2.48 bits per heavy atom. The zero-order valence-electron chi connectivity index (χ0n) is 15.9. The Balaban J connectivity index is 1.84. The molecule has 3 aromatic rings. The largest absolute Gasteiger partial charge is 0.318 e. The number of aromatic nitrogens is 1. The van der Waals surface area contributed by atoms with Gasteiger partial charge in [0.15, 0.2) is 0 Å². The van der Waals surface area contributed by atoms with Crippen LogP contribution in [0.4, 0.5) is 5.69 Å². The maximum atomic E-state index is 12.8. The van der Waals surface area contributed by atoms with Gasteiger partial charge in [-0.2, -0.15) is 0 Å². The topological polar surface area (TPSA) is 25.2 Å². The number of benzene rings is 2. The molecule has 0 saturated carbocycles. The van der Waals surface area contributed by atoms with Crippen LogP contribution < -0.4 is 4.90 Å². The molecule has 1 aromatic heterocycles. The number of para-hydroxylation sites is 1. The van der Waals surface area contributed by atoms with Crippen molar-refractivity contribution in [1.82, 2.24) is 4.57 Å². The summed E-state index contributed by atoms with van der Waals surface area (Å²) in [4.78, 5) is 14.5. The molecule has 0 unspecified atom stereocenters. The molecule has 2 heterocycles. The van der Waals surface area contributed by atoms with Crippen LogP contribution in [0.2, 0.25) is 0 Å². The smallest absolute Gasteiger partial charge is 0.258 e. The van der Waals surface area contributed by atoms with Crippen LogP contribution in [-0.4, -0.2) is 17.5 Å². The molecule has 0 bridgehead atoms. The molecule has 4 rings (SSSR count). The molecule has 4 heteroatoms. The molecular formula is C23H21BrN2O. The van der Waals surface area contributed by atoms with E-state index in [0.29, 0.717) is 0 Å². The minimum absolute atomic E-state index is 0.0421. The molecule has 3 nitrogen and oxygen atoms in total. The van der Waals surface area contributed by atoms with Crippen LogP contribution in [0.1, 0.15) is 28.1 Å². The molecule has 0 fully saturated rings. The van der Waals surface area contributed by atoms with Crippen molar-refractivity contribution in [1.29, 1.82) is 0 Å². The van der Waals surface area contributed by atoms with Gasteiger partial charge in [-0.3, -0.25) is 4.79 Å². The lowest BCUT2D eigenvalue weighted by molar-refractivity contribution is -0.112. The number of halogens is 1. The molecule has 0 radical (unpaired) electrons. The lowest BCUT2D eigenvalue weighted by Crippen LogP contribution is -2.20. The first-order valence-electron chi connectivity index (χ1n) is 8.93. The third kappa shape index (κ3) is 2.85. The van der Waals surface area contributed by atoms with Crippen LogP contribution in [0.3, 0.4) is 0 Å². The van der Waals surface area contributed by atoms with Gasteiger partial charge in [-0.25, -0.2) is 0 Å². The molecule has 2 aromatic carbocycles. The van der Waals surface area contributed by atoms with Crippen molar-refractivity contribution < 1.29 is 4.79 Å². The SMILES string of the molecule is Cc1cc(-n2c(C)cc(/C=C3/C(=O)N(C)c4ccccc43)c2C)ccc1Br. The lowest BCUT2D eigenvalue weighted by atomic mass is 10.0. The van der Waals surface area contributed by atoms with Crippen LogP contribution in [0, 0.1) is 20.8 Å². The summed E-state index contributed by atoms with van der Waals surface area (Å²) < 4.78 is 3.34. The maximum Gasteiger partial charge on any atom is 0.258 e. The van der Waals surface area contributed by atoms with E-state index in [1.807, 2.05) is 37.4 Å². The van der Waals surface area contributed by atoms with E-state index in [1.165, 1.54) is 5.56 Å². The van der Waals surface area contributed by atoms with E-state index in [1.54, 1.807) is 4.90 Å². The first-order valence-corrected chi connectivity index (χ1v) is 9.72. The standard InChI is InChI=1S/C23H21BrN2O/c1-14-11-18(9-10-21(14)24)26-15(2)12-17(16(26)3)13-20-19-7-5-6-8-22(19)25(4)23(20)27/h5-13H,1-4H3/b20-13+. The van der Waals surface area contributed by atoms with Gasteiger partial charge >= 0.3 is 0 Å². The molecular weight excluding hydrogens is 400 g/mol. The van der Waals surface area contributed by atoms with Crippen molar-refractivity contribution in [3.8, 4) is 5.69 Å². The third-order valence-corrected chi connectivity index (χ3v) is 6.15. The number of aryl methyl sites for hydroxylation is 2. The summed E-state index contributed by atoms with van der Waals surface area (Å²) in [5.74, 6) is 0.0421. The van der Waals surface area contributed by atoms with Crippen molar-refractivity contribution in [2.24, 2.45) is 0 Å². The summed E-state index contributed by atoms with van der Waals surface area (Å²) in [5, 5.41) is 0. The van der Waals surface area contributed by atoms with Gasteiger partial charge < -0.3 is 9.47 Å². The van der Waals surface area contributed by atoms with Crippen LogP contribution in [-0.2, 0) is 4.79 Å². The quantitative estimate of drug-likeness (QED) is 0.489. The van der Waals surface area contributed by atoms with Gasteiger partial charge in [-0.05, 0) is 68.3 Å². The minimum atomic E-state index is 0.0421. The van der Waals surface area contributed by atoms with Crippen molar-refractivity contribution >= 4 is 39.2 Å². The Kier molecular flexibility index (Phi) is 4.31. The highest BCUT2D eigenvalue weighted by Crippen LogP contribution is 2.37. The van der Waals surface area contributed by atoms with Gasteiger partial charge in [0.2, 0.25) is 0 Å². The number of anilines is 1. The van der Waals surface area contributed by atoms with Crippen LogP contribution >= 0.6 is 15.9 Å². The van der Waals surface area contributed by atoms with E-state index < -0.39 is 0 Å². The van der Waals surface area contributed by atoms with Crippen LogP contribution in [0.5, 0.6) is 0 Å². The summed E-state index contributed by atoms with van der Waals surface area (Å²) in [6.07, 6.45) is 2.02. The second-order valence-corrected chi connectivity index (χ2v) is 7.89. The second kappa shape index (κ2) is 6.54. The first-order chi connectivity index (χ1) is 12.9. The Hall–Kier alpha value is -2.59. The fourth-order valence-electron chi connectivity index (χ4n) is 3.79. The minimum Gasteiger partial charge on any atom is -0.318 e. The second-order valence-electron chi connectivity index (χ2n) is 7.03. The highest BCUT2D eigenvalue weighted by Gasteiger charge is 2.29. The van der Waals surface area contributed by atoms with E-state index in [0.717, 1.165) is 43.9 Å². The summed E-state index contributed by atoms with van der Waals surface area (Å²) in [7, 11) is 1.83. The molecule has 0 spiro atoms. The Bertz CT molecular complexity index is 1110. The van der Waals surface area contributed by atoms with Crippen molar-refractivity contribution in [3.63, 3.8) is 0 Å². The van der Waals surface area contributed by atoms with E-state index in [-0.39, 0.29) is 5.91 Å². The lowest BCUT2D eigenvalue weighted by Gasteiger charge is -2.11. The summed E-state index contributed by atoms with van der Waals surface area (Å²) in [6, 6.07) is 16.5. The van der Waals surface area contributed by atoms with Gasteiger partial charge in [0.25, 0.3) is 5.91 Å². The maximum absolute atomic E-state index is 12.8. The average Bonchev–Trinajstić information content (AvgIpc) is 3.06. The van der Waals surface area contributed by atoms with Crippen molar-refractivity contribution in [3.05, 3.63) is 81.1 Å². The van der Waals surface area contributed by atoms with Crippen LogP contribution in [0.15, 0.2) is 53.0 Å². The molecule has 0 aliphatic carbocycles. The molecule has 0 saturated heterocycles. The number of carbonyl (C=O) groups is 1. The van der Waals surface area contributed by atoms with E-state index in [4.69, 9.17) is 0 Å². The normalized spacial score (nSPS) is 14.9. The van der Waals surface area contributed by atoms with Gasteiger partial charge in [0.1, 0.15) is 0 Å². The van der Waals surface area contributed by atoms with Crippen molar-refractivity contribution in [2.75, 3.05) is 11.9 Å². The fraction of sp³-hybridized carbons (Fsp3) is 0.174. The van der Waals surface area contributed by atoms with Gasteiger partial charge in [-0.1, -0.05) is 34.1 Å². The number of amides is 1. The zero-order chi connectivity index (χ0) is 19.3. The van der Waals surface area contributed by atoms with Gasteiger partial charge in [0.05, 0.1) is 5.69 Å². The van der Waals surface area contributed by atoms with Gasteiger partial charge in [0, 0.05) is 39.7 Å². The van der Waals surface area contributed by atoms with Crippen LogP contribution in [0.25, 0.3) is 17.3 Å². The summed E-state index contributed by atoms with van der Waals surface area (Å²) >= 11 is 3.57. The van der Waals surface area contributed by atoms with E-state index in [9.17, 15) is 4.79 Å². The monoisotopic (exact) mass is 420 g/mol. The molecule has 0 atom stereocenters.